The summed E-state index contributed by atoms with van der Waals surface area (Å²) in [7, 11) is -3.18. The third kappa shape index (κ3) is 6.99. The maximum Gasteiger partial charge on any atom is 0.246 e. The minimum absolute atomic E-state index is 0.0600. The van der Waals surface area contributed by atoms with Crippen LogP contribution in [-0.4, -0.2) is 29.7 Å². The van der Waals surface area contributed by atoms with E-state index in [-0.39, 0.29) is 6.71 Å². The molecule has 0 radical (unpaired) electrons. The maximum atomic E-state index is 5.15. The van der Waals surface area contributed by atoms with Gasteiger partial charge in [-0.15, -0.1) is 0 Å². The normalized spacial score (nSPS) is 13.5. The smallest absolute Gasteiger partial charge is 0.246 e. The fraction of sp³-hybridized carbons (Fsp3) is 0. The van der Waals surface area contributed by atoms with Gasteiger partial charge < -0.3 is 14.7 Å². The molecule has 12 aromatic rings. The Morgan fingerprint density at radius 1 is 0.286 bits per heavy atom. The molecule has 0 atom stereocenters. The Morgan fingerprint density at radius 3 is 1.21 bits per heavy atom. The Balaban J connectivity index is 1.06. The van der Waals surface area contributed by atoms with Crippen molar-refractivity contribution in [3.05, 3.63) is 285 Å². The summed E-state index contributed by atoms with van der Waals surface area (Å²) < 4.78 is 0. The molecule has 8 heteroatoms. The predicted octanol–water partition coefficient (Wildman–Crippen LogP) is 12.1. The van der Waals surface area contributed by atoms with E-state index in [1.54, 1.807) is 0 Å². The molecule has 0 aliphatic carbocycles. The molecule has 6 nitrogen and oxygen atoms in total. The van der Waals surface area contributed by atoms with Gasteiger partial charge in [-0.2, -0.15) is 0 Å². The van der Waals surface area contributed by atoms with E-state index in [0.717, 1.165) is 56.5 Å². The number of anilines is 9. The van der Waals surface area contributed by atoms with Crippen molar-refractivity contribution in [3.8, 4) is 34.2 Å². The zero-order valence-corrected chi connectivity index (χ0v) is 42.9. The minimum Gasteiger partial charge on any atom is -0.309 e. The van der Waals surface area contributed by atoms with Crippen LogP contribution in [0.25, 0.3) is 34.2 Å². The Bertz CT molecular complexity index is 4070. The molecule has 3 aliphatic heterocycles. The van der Waals surface area contributed by atoms with Crippen LogP contribution in [0.4, 0.5) is 51.2 Å². The average Bonchev–Trinajstić information content (AvgIpc) is 3.64. The number of hydrogen-bond donors (Lipinski definition) is 0. The lowest BCUT2D eigenvalue weighted by atomic mass is 9.34. The standard InChI is InChI=1S/C69H47BN6Si/c1-7-25-48(26-8-1)67-71-68(49-27-9-2-10-28-49)73-69(72-67)50-43-45-53(46-44-50)74-59-40-22-23-41-60(59)76(52-31-13-4-14-32-52)65-61(74)47-63-64-66(65)75(51-29-11-3-12-30-51)58-39-21-19-37-56(58)70(64)57-38-20-24-42-62(57)77(63,54-33-15-5-16-34-54)55-35-17-6-18-36-55/h1-47H. The number of aromatic nitrogens is 3. The summed E-state index contributed by atoms with van der Waals surface area (Å²) in [5.41, 5.74) is 16.7. The molecule has 360 valence electrons. The number of nitrogens with zero attached hydrogens (tertiary/aromatic N) is 6. The zero-order valence-electron chi connectivity index (χ0n) is 41.9. The van der Waals surface area contributed by atoms with Crippen molar-refractivity contribution in [3.63, 3.8) is 0 Å². The summed E-state index contributed by atoms with van der Waals surface area (Å²) in [5, 5.41) is 5.48. The summed E-state index contributed by atoms with van der Waals surface area (Å²) in [4.78, 5) is 22.9. The number of fused-ring (bicyclic) bond motifs is 7. The van der Waals surface area contributed by atoms with Crippen LogP contribution in [0, 0.1) is 0 Å². The number of rotatable bonds is 8. The monoisotopic (exact) mass is 998 g/mol. The third-order valence-electron chi connectivity index (χ3n) is 15.7. The van der Waals surface area contributed by atoms with Crippen LogP contribution in [0.3, 0.4) is 0 Å². The average molecular weight is 999 g/mol. The van der Waals surface area contributed by atoms with Gasteiger partial charge >= 0.3 is 0 Å². The van der Waals surface area contributed by atoms with Crippen molar-refractivity contribution in [2.24, 2.45) is 0 Å². The first-order chi connectivity index (χ1) is 38.2. The van der Waals surface area contributed by atoms with Crippen LogP contribution < -0.4 is 51.8 Å². The van der Waals surface area contributed by atoms with Gasteiger partial charge in [0.1, 0.15) is 0 Å². The van der Waals surface area contributed by atoms with Gasteiger partial charge in [0.15, 0.2) is 25.5 Å². The molecule has 0 bridgehead atoms. The lowest BCUT2D eigenvalue weighted by Crippen LogP contribution is -2.87. The summed E-state index contributed by atoms with van der Waals surface area (Å²) in [6.07, 6.45) is 0. The second kappa shape index (κ2) is 18.2. The fourth-order valence-electron chi connectivity index (χ4n) is 12.6. The largest absolute Gasteiger partial charge is 0.309 e. The van der Waals surface area contributed by atoms with E-state index in [4.69, 9.17) is 15.0 Å². The zero-order chi connectivity index (χ0) is 50.9. The van der Waals surface area contributed by atoms with Gasteiger partial charge in [-0.05, 0) is 104 Å². The maximum absolute atomic E-state index is 5.15. The number of benzene rings is 11. The number of hydrogen-bond acceptors (Lipinski definition) is 6. The molecular weight excluding hydrogens is 952 g/mol. The molecule has 1 aromatic heterocycles. The first-order valence-corrected chi connectivity index (χ1v) is 28.3. The van der Waals surface area contributed by atoms with Crippen molar-refractivity contribution in [2.45, 2.75) is 0 Å². The molecular formula is C69H47BN6Si. The molecule has 0 N–H and O–H groups in total. The van der Waals surface area contributed by atoms with Crippen molar-refractivity contribution < 1.29 is 0 Å². The highest BCUT2D eigenvalue weighted by atomic mass is 28.3. The molecule has 0 saturated heterocycles. The Kier molecular flexibility index (Phi) is 10.5. The quantitative estimate of drug-likeness (QED) is 0.141. The molecule has 11 aromatic carbocycles. The van der Waals surface area contributed by atoms with Crippen LogP contribution in [0.5, 0.6) is 0 Å². The number of para-hydroxylation sites is 5. The summed E-state index contributed by atoms with van der Waals surface area (Å²) in [6.45, 7) is -0.0600. The van der Waals surface area contributed by atoms with Gasteiger partial charge in [-0.3, -0.25) is 0 Å². The van der Waals surface area contributed by atoms with Crippen molar-refractivity contribution >= 4 is 103 Å². The summed E-state index contributed by atoms with van der Waals surface area (Å²) in [6, 6.07) is 104. The van der Waals surface area contributed by atoms with E-state index in [1.165, 1.54) is 48.5 Å². The first-order valence-electron chi connectivity index (χ1n) is 26.3. The predicted molar refractivity (Wildman–Crippen MR) is 322 cm³/mol. The van der Waals surface area contributed by atoms with E-state index in [9.17, 15) is 0 Å². The lowest BCUT2D eigenvalue weighted by Gasteiger charge is -2.51. The topological polar surface area (TPSA) is 48.4 Å². The van der Waals surface area contributed by atoms with Gasteiger partial charge in [-0.1, -0.05) is 218 Å². The van der Waals surface area contributed by atoms with Crippen molar-refractivity contribution in [1.29, 1.82) is 0 Å². The minimum atomic E-state index is -3.18. The molecule has 0 saturated carbocycles. The van der Waals surface area contributed by atoms with E-state index < -0.39 is 8.07 Å². The molecule has 0 amide bonds. The van der Waals surface area contributed by atoms with Crippen molar-refractivity contribution in [2.75, 3.05) is 14.7 Å². The van der Waals surface area contributed by atoms with Gasteiger partial charge in [-0.25, -0.2) is 15.0 Å². The summed E-state index contributed by atoms with van der Waals surface area (Å²) in [5.74, 6) is 1.87. The van der Waals surface area contributed by atoms with Crippen LogP contribution in [0.1, 0.15) is 0 Å². The van der Waals surface area contributed by atoms with Gasteiger partial charge in [0, 0.05) is 39.4 Å². The molecule has 15 rings (SSSR count). The van der Waals surface area contributed by atoms with Crippen LogP contribution >= 0.6 is 0 Å². The SMILES string of the molecule is c1ccc(-c2nc(-c3ccccc3)nc(-c3ccc(N4c5ccccc5N(c5ccccc5)c5c4cc4c6c5N(c5ccccc5)c5ccccc5B6c5ccccc5[Si]4(c4ccccc4)c4ccccc4)cc3)n2)cc1. The van der Waals surface area contributed by atoms with Gasteiger partial charge in [0.25, 0.3) is 0 Å². The molecule has 0 unspecified atom stereocenters. The Labute approximate surface area is 449 Å². The second-order valence-electron chi connectivity index (χ2n) is 19.9. The van der Waals surface area contributed by atoms with E-state index in [2.05, 4.69) is 263 Å². The highest BCUT2D eigenvalue weighted by Gasteiger charge is 2.55. The lowest BCUT2D eigenvalue weighted by molar-refractivity contribution is 1.07. The van der Waals surface area contributed by atoms with Crippen LogP contribution in [0.2, 0.25) is 0 Å². The van der Waals surface area contributed by atoms with Crippen LogP contribution in [-0.2, 0) is 0 Å². The summed E-state index contributed by atoms with van der Waals surface area (Å²) >= 11 is 0. The Morgan fingerprint density at radius 2 is 0.675 bits per heavy atom. The van der Waals surface area contributed by atoms with Gasteiger partial charge in [0.05, 0.1) is 28.4 Å². The molecule has 77 heavy (non-hydrogen) atoms. The fourth-order valence-corrected chi connectivity index (χ4v) is 17.9. The molecule has 3 aliphatic rings. The van der Waals surface area contributed by atoms with E-state index in [0.29, 0.717) is 17.5 Å². The van der Waals surface area contributed by atoms with Crippen LogP contribution in [0.15, 0.2) is 285 Å². The van der Waals surface area contributed by atoms with Gasteiger partial charge in [0.2, 0.25) is 6.71 Å². The van der Waals surface area contributed by atoms with E-state index >= 15 is 0 Å². The highest BCUT2D eigenvalue weighted by Crippen LogP contribution is 2.59. The molecule has 0 spiro atoms. The molecule has 0 fully saturated rings. The van der Waals surface area contributed by atoms with E-state index in [1.807, 2.05) is 36.4 Å². The Hall–Kier alpha value is -9.89. The first kappa shape index (κ1) is 44.6. The highest BCUT2D eigenvalue weighted by molar-refractivity contribution is 7.26. The second-order valence-corrected chi connectivity index (χ2v) is 23.6. The van der Waals surface area contributed by atoms with Crippen molar-refractivity contribution in [1.82, 2.24) is 15.0 Å². The molecule has 4 heterocycles. The third-order valence-corrected chi connectivity index (χ3v) is 20.6.